The van der Waals surface area contributed by atoms with Gasteiger partial charge >= 0.3 is 0 Å². The summed E-state index contributed by atoms with van der Waals surface area (Å²) in [6.07, 6.45) is 3.87. The number of pyridine rings is 1. The van der Waals surface area contributed by atoms with Gasteiger partial charge in [-0.2, -0.15) is 0 Å². The first kappa shape index (κ1) is 10.2. The predicted octanol–water partition coefficient (Wildman–Crippen LogP) is 3.50. The predicted molar refractivity (Wildman–Crippen MR) is 57.0 cm³/mol. The molecule has 1 heterocycles. The third kappa shape index (κ3) is 2.30. The third-order valence-corrected chi connectivity index (χ3v) is 2.28. The van der Waals surface area contributed by atoms with Crippen molar-refractivity contribution in [3.8, 4) is 0 Å². The highest BCUT2D eigenvalue weighted by molar-refractivity contribution is 5.31. The molecule has 72 valence electrons. The van der Waals surface area contributed by atoms with Crippen molar-refractivity contribution in [2.45, 2.75) is 46.0 Å². The fraction of sp³-hybridized carbons (Fsp3) is 0.583. The Labute approximate surface area is 81.2 Å². The average molecular weight is 177 g/mol. The summed E-state index contributed by atoms with van der Waals surface area (Å²) < 4.78 is 0. The molecule has 13 heavy (non-hydrogen) atoms. The molecule has 0 amide bonds. The Bertz CT molecular complexity index is 281. The SMILES string of the molecule is CC(C)c1ccncc1C(C)(C)C. The van der Waals surface area contributed by atoms with Crippen LogP contribution in [0, 0.1) is 0 Å². The van der Waals surface area contributed by atoms with Gasteiger partial charge in [0.05, 0.1) is 0 Å². The fourth-order valence-electron chi connectivity index (χ4n) is 1.54. The van der Waals surface area contributed by atoms with Crippen LogP contribution in [0.1, 0.15) is 51.7 Å². The lowest BCUT2D eigenvalue weighted by Gasteiger charge is -2.23. The lowest BCUT2D eigenvalue weighted by atomic mass is 9.82. The Kier molecular flexibility index (Phi) is 2.74. The molecule has 0 saturated heterocycles. The van der Waals surface area contributed by atoms with E-state index in [9.17, 15) is 0 Å². The van der Waals surface area contributed by atoms with E-state index in [-0.39, 0.29) is 5.41 Å². The molecule has 1 heteroatoms. The van der Waals surface area contributed by atoms with E-state index in [2.05, 4.69) is 45.7 Å². The second-order valence-corrected chi connectivity index (χ2v) is 4.87. The van der Waals surface area contributed by atoms with Crippen LogP contribution in [0.3, 0.4) is 0 Å². The number of rotatable bonds is 1. The lowest BCUT2D eigenvalue weighted by molar-refractivity contribution is 0.574. The van der Waals surface area contributed by atoms with Crippen molar-refractivity contribution in [2.24, 2.45) is 0 Å². The molecule has 0 fully saturated rings. The molecule has 1 rings (SSSR count). The normalized spacial score (nSPS) is 12.2. The van der Waals surface area contributed by atoms with Crippen molar-refractivity contribution < 1.29 is 0 Å². The van der Waals surface area contributed by atoms with Gasteiger partial charge in [-0.1, -0.05) is 34.6 Å². The molecule has 0 spiro atoms. The van der Waals surface area contributed by atoms with Gasteiger partial charge < -0.3 is 0 Å². The molecule has 0 aliphatic rings. The summed E-state index contributed by atoms with van der Waals surface area (Å²) in [6, 6.07) is 2.13. The molecule has 1 aromatic heterocycles. The van der Waals surface area contributed by atoms with Gasteiger partial charge in [0.2, 0.25) is 0 Å². The van der Waals surface area contributed by atoms with Crippen LogP contribution in [-0.2, 0) is 5.41 Å². The number of nitrogens with zero attached hydrogens (tertiary/aromatic N) is 1. The molecule has 0 aliphatic carbocycles. The standard InChI is InChI=1S/C12H19N/c1-9(2)10-6-7-13-8-11(10)12(3,4)5/h6-9H,1-5H3. The van der Waals surface area contributed by atoms with Crippen LogP contribution in [0.25, 0.3) is 0 Å². The summed E-state index contributed by atoms with van der Waals surface area (Å²) in [5.74, 6) is 0.581. The van der Waals surface area contributed by atoms with E-state index in [4.69, 9.17) is 0 Å². The van der Waals surface area contributed by atoms with Crippen LogP contribution in [0.2, 0.25) is 0 Å². The lowest BCUT2D eigenvalue weighted by Crippen LogP contribution is -2.15. The zero-order chi connectivity index (χ0) is 10.1. The summed E-state index contributed by atoms with van der Waals surface area (Å²) in [4.78, 5) is 4.19. The average Bonchev–Trinajstić information content (AvgIpc) is 2.03. The second kappa shape index (κ2) is 3.49. The van der Waals surface area contributed by atoms with E-state index >= 15 is 0 Å². The zero-order valence-electron chi connectivity index (χ0n) is 9.26. The quantitative estimate of drug-likeness (QED) is 0.639. The van der Waals surface area contributed by atoms with E-state index in [1.54, 1.807) is 0 Å². The highest BCUT2D eigenvalue weighted by Crippen LogP contribution is 2.29. The van der Waals surface area contributed by atoms with Gasteiger partial charge in [0.25, 0.3) is 0 Å². The smallest absolute Gasteiger partial charge is 0.0308 e. The second-order valence-electron chi connectivity index (χ2n) is 4.87. The molecule has 1 nitrogen and oxygen atoms in total. The van der Waals surface area contributed by atoms with Gasteiger partial charge in [-0.25, -0.2) is 0 Å². The summed E-state index contributed by atoms with van der Waals surface area (Å²) in [5, 5.41) is 0. The largest absolute Gasteiger partial charge is 0.264 e. The van der Waals surface area contributed by atoms with E-state index in [1.165, 1.54) is 11.1 Å². The highest BCUT2D eigenvalue weighted by Gasteiger charge is 2.18. The van der Waals surface area contributed by atoms with E-state index in [0.717, 1.165) is 0 Å². The molecule has 0 N–H and O–H groups in total. The van der Waals surface area contributed by atoms with E-state index in [0.29, 0.717) is 5.92 Å². The van der Waals surface area contributed by atoms with E-state index in [1.807, 2.05) is 12.4 Å². The summed E-state index contributed by atoms with van der Waals surface area (Å²) in [6.45, 7) is 11.1. The molecular weight excluding hydrogens is 158 g/mol. The zero-order valence-corrected chi connectivity index (χ0v) is 9.26. The van der Waals surface area contributed by atoms with E-state index < -0.39 is 0 Å². The first-order valence-corrected chi connectivity index (χ1v) is 4.87. The molecule has 0 unspecified atom stereocenters. The molecule has 1 aromatic rings. The van der Waals surface area contributed by atoms with Crippen molar-refractivity contribution >= 4 is 0 Å². The maximum atomic E-state index is 4.19. The van der Waals surface area contributed by atoms with Crippen LogP contribution in [0.4, 0.5) is 0 Å². The van der Waals surface area contributed by atoms with Crippen LogP contribution in [-0.4, -0.2) is 4.98 Å². The van der Waals surface area contributed by atoms with Crippen LogP contribution < -0.4 is 0 Å². The maximum absolute atomic E-state index is 4.19. The minimum absolute atomic E-state index is 0.202. The van der Waals surface area contributed by atoms with Crippen LogP contribution in [0.15, 0.2) is 18.5 Å². The highest BCUT2D eigenvalue weighted by atomic mass is 14.6. The van der Waals surface area contributed by atoms with Gasteiger partial charge in [0, 0.05) is 12.4 Å². The van der Waals surface area contributed by atoms with Gasteiger partial charge in [0.15, 0.2) is 0 Å². The van der Waals surface area contributed by atoms with Gasteiger partial charge in [-0.15, -0.1) is 0 Å². The third-order valence-electron chi connectivity index (χ3n) is 2.28. The number of aromatic nitrogens is 1. The molecule has 0 saturated carbocycles. The summed E-state index contributed by atoms with van der Waals surface area (Å²) >= 11 is 0. The Balaban J connectivity index is 3.20. The van der Waals surface area contributed by atoms with Crippen molar-refractivity contribution in [2.75, 3.05) is 0 Å². The van der Waals surface area contributed by atoms with Crippen molar-refractivity contribution in [3.05, 3.63) is 29.6 Å². The van der Waals surface area contributed by atoms with Gasteiger partial charge in [-0.3, -0.25) is 4.98 Å². The first-order valence-electron chi connectivity index (χ1n) is 4.87. The summed E-state index contributed by atoms with van der Waals surface area (Å²) in [5.41, 5.74) is 2.99. The Morgan fingerprint density at radius 2 is 1.85 bits per heavy atom. The monoisotopic (exact) mass is 177 g/mol. The van der Waals surface area contributed by atoms with Crippen molar-refractivity contribution in [3.63, 3.8) is 0 Å². The van der Waals surface area contributed by atoms with Gasteiger partial charge in [-0.05, 0) is 28.5 Å². The minimum atomic E-state index is 0.202. The molecule has 0 bridgehead atoms. The summed E-state index contributed by atoms with van der Waals surface area (Å²) in [7, 11) is 0. The Morgan fingerprint density at radius 1 is 1.23 bits per heavy atom. The number of hydrogen-bond donors (Lipinski definition) is 0. The maximum Gasteiger partial charge on any atom is 0.0308 e. The van der Waals surface area contributed by atoms with Crippen molar-refractivity contribution in [1.29, 1.82) is 0 Å². The Morgan fingerprint density at radius 3 is 2.23 bits per heavy atom. The van der Waals surface area contributed by atoms with Crippen LogP contribution in [0.5, 0.6) is 0 Å². The Hall–Kier alpha value is -0.850. The molecular formula is C12H19N. The van der Waals surface area contributed by atoms with Gasteiger partial charge in [0.1, 0.15) is 0 Å². The molecule has 0 aliphatic heterocycles. The molecule has 0 aromatic carbocycles. The topological polar surface area (TPSA) is 12.9 Å². The first-order chi connectivity index (χ1) is 5.93. The fourth-order valence-corrected chi connectivity index (χ4v) is 1.54. The van der Waals surface area contributed by atoms with Crippen LogP contribution >= 0.6 is 0 Å². The molecule has 0 atom stereocenters. The van der Waals surface area contributed by atoms with Crippen molar-refractivity contribution in [1.82, 2.24) is 4.98 Å². The molecule has 0 radical (unpaired) electrons. The minimum Gasteiger partial charge on any atom is -0.264 e. The number of hydrogen-bond acceptors (Lipinski definition) is 1.